The molecule has 0 radical (unpaired) electrons. The predicted molar refractivity (Wildman–Crippen MR) is 121 cm³/mol. The van der Waals surface area contributed by atoms with E-state index < -0.39 is 17.7 Å². The average Bonchev–Trinajstić information content (AvgIpc) is 2.79. The number of anilines is 2. The van der Waals surface area contributed by atoms with Crippen molar-refractivity contribution in [3.8, 4) is 5.75 Å². The number of carbonyl (C=O) groups excluding carboxylic acids is 2. The van der Waals surface area contributed by atoms with E-state index in [4.69, 9.17) is 4.74 Å². The molecule has 0 saturated carbocycles. The highest BCUT2D eigenvalue weighted by Gasteiger charge is 2.52. The number of rotatable bonds is 5. The first-order chi connectivity index (χ1) is 14.9. The largest absolute Gasteiger partial charge is 0.497 e. The third-order valence-electron chi connectivity index (χ3n) is 5.07. The zero-order valence-electron chi connectivity index (χ0n) is 16.6. The van der Waals surface area contributed by atoms with Gasteiger partial charge in [0, 0.05) is 22.3 Å². The highest BCUT2D eigenvalue weighted by molar-refractivity contribution is 9.10. The molecule has 31 heavy (non-hydrogen) atoms. The van der Waals surface area contributed by atoms with Crippen LogP contribution in [0.1, 0.15) is 11.1 Å². The molecule has 0 unspecified atom stereocenters. The number of halogens is 1. The third-order valence-corrected chi connectivity index (χ3v) is 5.56. The lowest BCUT2D eigenvalue weighted by atomic mass is 9.94. The Balaban J connectivity index is 1.73. The first-order valence-corrected chi connectivity index (χ1v) is 10.3. The molecule has 3 aromatic carbocycles. The average molecular weight is 482 g/mol. The van der Waals surface area contributed by atoms with Crippen molar-refractivity contribution >= 4 is 39.2 Å². The second-order valence-electron chi connectivity index (χ2n) is 6.99. The number of aliphatic hydroxyl groups is 1. The van der Waals surface area contributed by atoms with Gasteiger partial charge in [-0.3, -0.25) is 9.69 Å². The van der Waals surface area contributed by atoms with Crippen molar-refractivity contribution in [2.45, 2.75) is 12.3 Å². The van der Waals surface area contributed by atoms with Crippen molar-refractivity contribution < 1.29 is 19.4 Å². The summed E-state index contributed by atoms with van der Waals surface area (Å²) >= 11 is 3.39. The second-order valence-corrected chi connectivity index (χ2v) is 7.91. The summed E-state index contributed by atoms with van der Waals surface area (Å²) in [4.78, 5) is 27.4. The van der Waals surface area contributed by atoms with Crippen LogP contribution in [0.4, 0.5) is 16.2 Å². The van der Waals surface area contributed by atoms with E-state index >= 15 is 0 Å². The SMILES string of the molecule is COc1ccc(CNC(=O)[C@@]2(O)c3cc(Br)ccc3NC(=O)N2c2ccccc2)cc1. The molecule has 1 atom stereocenters. The molecule has 0 fully saturated rings. The Hall–Kier alpha value is -3.36. The summed E-state index contributed by atoms with van der Waals surface area (Å²) in [6.07, 6.45) is 0. The molecular weight excluding hydrogens is 462 g/mol. The van der Waals surface area contributed by atoms with Crippen LogP contribution in [0.2, 0.25) is 0 Å². The topological polar surface area (TPSA) is 90.9 Å². The lowest BCUT2D eigenvalue weighted by Crippen LogP contribution is -2.62. The Labute approximate surface area is 187 Å². The number of nitrogens with zero attached hydrogens (tertiary/aromatic N) is 1. The van der Waals surface area contributed by atoms with Gasteiger partial charge in [-0.1, -0.05) is 46.3 Å². The molecule has 0 aliphatic carbocycles. The molecule has 7 nitrogen and oxygen atoms in total. The molecule has 158 valence electrons. The summed E-state index contributed by atoms with van der Waals surface area (Å²) in [6.45, 7) is 0.165. The van der Waals surface area contributed by atoms with Crippen LogP contribution in [0.5, 0.6) is 5.75 Å². The summed E-state index contributed by atoms with van der Waals surface area (Å²) in [5.41, 5.74) is -0.429. The van der Waals surface area contributed by atoms with Crippen LogP contribution in [0.3, 0.4) is 0 Å². The van der Waals surface area contributed by atoms with Crippen LogP contribution in [0.15, 0.2) is 77.3 Å². The molecular formula is C23H20BrN3O4. The monoisotopic (exact) mass is 481 g/mol. The fraction of sp³-hybridized carbons (Fsp3) is 0.130. The van der Waals surface area contributed by atoms with Gasteiger partial charge < -0.3 is 20.5 Å². The van der Waals surface area contributed by atoms with E-state index in [1.54, 1.807) is 67.8 Å². The number of methoxy groups -OCH3 is 1. The van der Waals surface area contributed by atoms with Gasteiger partial charge in [0.2, 0.25) is 0 Å². The number of carbonyl (C=O) groups is 2. The Kier molecular flexibility index (Phi) is 5.67. The first kappa shape index (κ1) is 20.9. The van der Waals surface area contributed by atoms with Gasteiger partial charge in [-0.05, 0) is 48.0 Å². The Bertz CT molecular complexity index is 1120. The van der Waals surface area contributed by atoms with Gasteiger partial charge in [0.05, 0.1) is 12.8 Å². The highest BCUT2D eigenvalue weighted by atomic mass is 79.9. The molecule has 8 heteroatoms. The smallest absolute Gasteiger partial charge is 0.329 e. The van der Waals surface area contributed by atoms with Gasteiger partial charge in [0.25, 0.3) is 11.6 Å². The highest BCUT2D eigenvalue weighted by Crippen LogP contribution is 2.40. The zero-order valence-corrected chi connectivity index (χ0v) is 18.2. The van der Waals surface area contributed by atoms with E-state index in [1.807, 2.05) is 12.1 Å². The molecule has 1 heterocycles. The van der Waals surface area contributed by atoms with E-state index in [9.17, 15) is 14.7 Å². The van der Waals surface area contributed by atoms with Crippen LogP contribution in [0, 0.1) is 0 Å². The van der Waals surface area contributed by atoms with Gasteiger partial charge in [-0.15, -0.1) is 0 Å². The molecule has 1 aliphatic heterocycles. The Morgan fingerprint density at radius 3 is 2.52 bits per heavy atom. The normalized spacial score (nSPS) is 17.5. The number of amides is 3. The molecule has 4 rings (SSSR count). The van der Waals surface area contributed by atoms with Gasteiger partial charge in [0.15, 0.2) is 0 Å². The molecule has 3 N–H and O–H groups in total. The fourth-order valence-corrected chi connectivity index (χ4v) is 3.87. The predicted octanol–water partition coefficient (Wildman–Crippen LogP) is 3.97. The number of hydrogen-bond acceptors (Lipinski definition) is 4. The van der Waals surface area contributed by atoms with Gasteiger partial charge in [-0.25, -0.2) is 4.79 Å². The first-order valence-electron chi connectivity index (χ1n) is 9.53. The summed E-state index contributed by atoms with van der Waals surface area (Å²) in [5.74, 6) is -0.0203. The van der Waals surface area contributed by atoms with Crippen molar-refractivity contribution in [2.75, 3.05) is 17.3 Å². The number of urea groups is 1. The van der Waals surface area contributed by atoms with Gasteiger partial charge in [0.1, 0.15) is 5.75 Å². The van der Waals surface area contributed by atoms with Crippen molar-refractivity contribution in [1.29, 1.82) is 0 Å². The third kappa shape index (κ3) is 3.87. The van der Waals surface area contributed by atoms with Gasteiger partial charge in [-0.2, -0.15) is 0 Å². The fourth-order valence-electron chi connectivity index (χ4n) is 3.51. The molecule has 3 amide bonds. The van der Waals surface area contributed by atoms with E-state index in [1.165, 1.54) is 0 Å². The number of nitrogens with one attached hydrogen (secondary N) is 2. The zero-order chi connectivity index (χ0) is 22.0. The minimum Gasteiger partial charge on any atom is -0.497 e. The summed E-state index contributed by atoms with van der Waals surface area (Å²) in [5, 5.41) is 17.3. The minimum atomic E-state index is -2.25. The van der Waals surface area contributed by atoms with Crippen molar-refractivity contribution in [1.82, 2.24) is 5.32 Å². The number of benzene rings is 3. The maximum atomic E-state index is 13.4. The number of para-hydroxylation sites is 1. The standard InChI is InChI=1S/C23H20BrN3O4/c1-31-18-10-7-15(8-11-18)14-25-21(28)23(30)19-13-16(24)9-12-20(19)26-22(29)27(23)17-5-3-2-4-6-17/h2-13,30H,14H2,1H3,(H,25,28)(H,26,29)/t23-/m0/s1. The molecule has 0 saturated heterocycles. The molecule has 0 aromatic heterocycles. The Morgan fingerprint density at radius 1 is 1.13 bits per heavy atom. The van der Waals surface area contributed by atoms with Crippen LogP contribution in [-0.4, -0.2) is 24.2 Å². The number of ether oxygens (including phenoxy) is 1. The van der Waals surface area contributed by atoms with Crippen molar-refractivity contribution in [3.05, 3.63) is 88.4 Å². The molecule has 0 bridgehead atoms. The summed E-state index contributed by atoms with van der Waals surface area (Å²) < 4.78 is 5.81. The number of fused-ring (bicyclic) bond motifs is 1. The maximum absolute atomic E-state index is 13.4. The minimum absolute atomic E-state index is 0.165. The van der Waals surface area contributed by atoms with Crippen LogP contribution >= 0.6 is 15.9 Å². The van der Waals surface area contributed by atoms with Crippen LogP contribution in [0.25, 0.3) is 0 Å². The van der Waals surface area contributed by atoms with E-state index in [2.05, 4.69) is 26.6 Å². The molecule has 1 aliphatic rings. The van der Waals surface area contributed by atoms with Crippen LogP contribution in [-0.2, 0) is 17.1 Å². The van der Waals surface area contributed by atoms with E-state index in [0.29, 0.717) is 21.6 Å². The number of hydrogen-bond donors (Lipinski definition) is 3. The van der Waals surface area contributed by atoms with Crippen LogP contribution < -0.4 is 20.3 Å². The molecule has 0 spiro atoms. The lowest BCUT2D eigenvalue weighted by molar-refractivity contribution is -0.140. The maximum Gasteiger partial charge on any atom is 0.329 e. The molecule has 3 aromatic rings. The van der Waals surface area contributed by atoms with Crippen molar-refractivity contribution in [2.24, 2.45) is 0 Å². The van der Waals surface area contributed by atoms with Crippen molar-refractivity contribution in [3.63, 3.8) is 0 Å². The lowest BCUT2D eigenvalue weighted by Gasteiger charge is -2.42. The van der Waals surface area contributed by atoms with E-state index in [0.717, 1.165) is 10.5 Å². The second kappa shape index (κ2) is 8.41. The quantitative estimate of drug-likeness (QED) is 0.514. The summed E-state index contributed by atoms with van der Waals surface area (Å²) in [6, 6.07) is 20.2. The summed E-state index contributed by atoms with van der Waals surface area (Å²) in [7, 11) is 1.58. The van der Waals surface area contributed by atoms with E-state index in [-0.39, 0.29) is 12.1 Å². The van der Waals surface area contributed by atoms with Gasteiger partial charge >= 0.3 is 6.03 Å². The Morgan fingerprint density at radius 2 is 1.84 bits per heavy atom.